The maximum atomic E-state index is 11.9. The first-order valence-electron chi connectivity index (χ1n) is 7.18. The van der Waals surface area contributed by atoms with Gasteiger partial charge in [0.2, 0.25) is 5.91 Å². The Hall–Kier alpha value is -2.32. The molecule has 0 aliphatic heterocycles. The van der Waals surface area contributed by atoms with Crippen molar-refractivity contribution in [3.8, 4) is 11.5 Å². The topological polar surface area (TPSA) is 85.8 Å². The monoisotopic (exact) mass is 363 g/mol. The highest BCUT2D eigenvalue weighted by atomic mass is 35.5. The molecule has 24 heavy (non-hydrogen) atoms. The Labute approximate surface area is 147 Å². The summed E-state index contributed by atoms with van der Waals surface area (Å²) in [7, 11) is 0. The van der Waals surface area contributed by atoms with E-state index in [0.29, 0.717) is 21.8 Å². The van der Waals surface area contributed by atoms with Gasteiger partial charge in [-0.3, -0.25) is 9.48 Å². The molecule has 0 atom stereocenters. The molecule has 7 nitrogen and oxygen atoms in total. The Bertz CT molecular complexity index is 848. The number of thioether (sulfide) groups is 1. The van der Waals surface area contributed by atoms with E-state index in [0.717, 1.165) is 12.1 Å². The van der Waals surface area contributed by atoms with Crippen LogP contribution in [0, 0.1) is 0 Å². The van der Waals surface area contributed by atoms with Crippen molar-refractivity contribution in [2.45, 2.75) is 18.7 Å². The standard InChI is InChI=1S/C15H14ClN5O2S/c1-2-21-8-10(7-17-21)14-19-20-15(23-14)24-9-13(22)18-12-5-3-4-11(16)6-12/h3-8H,2,9H2,1H3,(H,18,22). The van der Waals surface area contributed by atoms with E-state index in [2.05, 4.69) is 20.6 Å². The van der Waals surface area contributed by atoms with Crippen molar-refractivity contribution in [3.63, 3.8) is 0 Å². The van der Waals surface area contributed by atoms with Crippen LogP contribution in [-0.4, -0.2) is 31.6 Å². The van der Waals surface area contributed by atoms with Gasteiger partial charge < -0.3 is 9.73 Å². The number of nitrogens with zero attached hydrogens (tertiary/aromatic N) is 4. The van der Waals surface area contributed by atoms with Crippen LogP contribution in [0.1, 0.15) is 6.92 Å². The van der Waals surface area contributed by atoms with Gasteiger partial charge in [0, 0.05) is 23.5 Å². The minimum atomic E-state index is -0.180. The summed E-state index contributed by atoms with van der Waals surface area (Å²) in [6.07, 6.45) is 3.49. The molecule has 0 aliphatic rings. The van der Waals surface area contributed by atoms with Crippen molar-refractivity contribution in [3.05, 3.63) is 41.7 Å². The molecule has 2 aromatic heterocycles. The molecular weight excluding hydrogens is 350 g/mol. The minimum Gasteiger partial charge on any atom is -0.411 e. The van der Waals surface area contributed by atoms with E-state index in [9.17, 15) is 4.79 Å². The summed E-state index contributed by atoms with van der Waals surface area (Å²) in [5.41, 5.74) is 1.39. The number of aryl methyl sites for hydroxylation is 1. The number of carbonyl (C=O) groups is 1. The van der Waals surface area contributed by atoms with Crippen LogP contribution in [0.2, 0.25) is 5.02 Å². The Morgan fingerprint density at radius 1 is 1.42 bits per heavy atom. The molecule has 0 aliphatic carbocycles. The number of anilines is 1. The Morgan fingerprint density at radius 3 is 3.04 bits per heavy atom. The van der Waals surface area contributed by atoms with Crippen molar-refractivity contribution in [2.75, 3.05) is 11.1 Å². The fraction of sp³-hybridized carbons (Fsp3) is 0.200. The maximum Gasteiger partial charge on any atom is 0.277 e. The lowest BCUT2D eigenvalue weighted by Gasteiger charge is -2.03. The van der Waals surface area contributed by atoms with Crippen LogP contribution in [-0.2, 0) is 11.3 Å². The van der Waals surface area contributed by atoms with Gasteiger partial charge in [0.05, 0.1) is 17.5 Å². The third-order valence-corrected chi connectivity index (χ3v) is 4.10. The van der Waals surface area contributed by atoms with E-state index in [1.807, 2.05) is 13.1 Å². The van der Waals surface area contributed by atoms with Gasteiger partial charge in [-0.25, -0.2) is 0 Å². The molecule has 0 bridgehead atoms. The molecule has 1 aromatic carbocycles. The van der Waals surface area contributed by atoms with E-state index in [1.165, 1.54) is 11.8 Å². The smallest absolute Gasteiger partial charge is 0.277 e. The third-order valence-electron chi connectivity index (χ3n) is 3.05. The summed E-state index contributed by atoms with van der Waals surface area (Å²) in [6.45, 7) is 2.75. The quantitative estimate of drug-likeness (QED) is 0.676. The number of amides is 1. The molecule has 0 saturated carbocycles. The summed E-state index contributed by atoms with van der Waals surface area (Å²) < 4.78 is 7.30. The van der Waals surface area contributed by atoms with Crippen LogP contribution >= 0.6 is 23.4 Å². The highest BCUT2D eigenvalue weighted by molar-refractivity contribution is 7.99. The maximum absolute atomic E-state index is 11.9. The molecule has 9 heteroatoms. The van der Waals surface area contributed by atoms with Gasteiger partial charge in [-0.15, -0.1) is 10.2 Å². The fourth-order valence-corrected chi connectivity index (χ4v) is 2.68. The second kappa shape index (κ2) is 7.50. The van der Waals surface area contributed by atoms with Crippen LogP contribution in [0.25, 0.3) is 11.5 Å². The molecule has 1 amide bonds. The molecule has 0 spiro atoms. The molecule has 0 fully saturated rings. The predicted octanol–water partition coefficient (Wildman–Crippen LogP) is 3.34. The first kappa shape index (κ1) is 16.5. The Kier molecular flexibility index (Phi) is 5.17. The average molecular weight is 364 g/mol. The molecular formula is C15H14ClN5O2S. The number of nitrogens with one attached hydrogen (secondary N) is 1. The molecule has 3 aromatic rings. The zero-order valence-corrected chi connectivity index (χ0v) is 14.3. The lowest BCUT2D eigenvalue weighted by atomic mass is 10.3. The molecule has 3 rings (SSSR count). The lowest BCUT2D eigenvalue weighted by Crippen LogP contribution is -2.13. The third kappa shape index (κ3) is 4.15. The van der Waals surface area contributed by atoms with Crippen LogP contribution < -0.4 is 5.32 Å². The highest BCUT2D eigenvalue weighted by Crippen LogP contribution is 2.23. The van der Waals surface area contributed by atoms with Crippen LogP contribution in [0.5, 0.6) is 0 Å². The van der Waals surface area contributed by atoms with Crippen molar-refractivity contribution in [2.24, 2.45) is 0 Å². The van der Waals surface area contributed by atoms with Crippen molar-refractivity contribution >= 4 is 35.0 Å². The van der Waals surface area contributed by atoms with E-state index >= 15 is 0 Å². The van der Waals surface area contributed by atoms with Crippen LogP contribution in [0.4, 0.5) is 5.69 Å². The molecule has 0 radical (unpaired) electrons. The number of benzene rings is 1. The number of carbonyl (C=O) groups excluding carboxylic acids is 1. The Balaban J connectivity index is 1.56. The Morgan fingerprint density at radius 2 is 2.29 bits per heavy atom. The average Bonchev–Trinajstić information content (AvgIpc) is 3.22. The molecule has 0 unspecified atom stereocenters. The fourth-order valence-electron chi connectivity index (χ4n) is 1.92. The first-order valence-corrected chi connectivity index (χ1v) is 8.55. The normalized spacial score (nSPS) is 10.8. The predicted molar refractivity (Wildman–Crippen MR) is 92.0 cm³/mol. The molecule has 124 valence electrons. The number of rotatable bonds is 6. The van der Waals surface area contributed by atoms with Crippen molar-refractivity contribution in [1.82, 2.24) is 20.0 Å². The number of hydrogen-bond donors (Lipinski definition) is 1. The van der Waals surface area contributed by atoms with Gasteiger partial charge in [-0.1, -0.05) is 29.4 Å². The van der Waals surface area contributed by atoms with Gasteiger partial charge in [0.25, 0.3) is 11.1 Å². The van der Waals surface area contributed by atoms with Gasteiger partial charge in [0.15, 0.2) is 0 Å². The number of hydrogen-bond acceptors (Lipinski definition) is 6. The van der Waals surface area contributed by atoms with Crippen molar-refractivity contribution in [1.29, 1.82) is 0 Å². The second-order valence-corrected chi connectivity index (χ2v) is 6.17. The largest absolute Gasteiger partial charge is 0.411 e. The van der Waals surface area contributed by atoms with Gasteiger partial charge in [-0.05, 0) is 25.1 Å². The van der Waals surface area contributed by atoms with Gasteiger partial charge in [0.1, 0.15) is 0 Å². The summed E-state index contributed by atoms with van der Waals surface area (Å²) in [6, 6.07) is 6.96. The van der Waals surface area contributed by atoms with Crippen molar-refractivity contribution < 1.29 is 9.21 Å². The van der Waals surface area contributed by atoms with Crippen LogP contribution in [0.3, 0.4) is 0 Å². The SMILES string of the molecule is CCn1cc(-c2nnc(SCC(=O)Nc3cccc(Cl)c3)o2)cn1. The number of halogens is 1. The zero-order chi connectivity index (χ0) is 16.9. The van der Waals surface area contributed by atoms with E-state index < -0.39 is 0 Å². The zero-order valence-electron chi connectivity index (χ0n) is 12.8. The lowest BCUT2D eigenvalue weighted by molar-refractivity contribution is -0.113. The summed E-state index contributed by atoms with van der Waals surface area (Å²) in [5, 5.41) is 15.7. The van der Waals surface area contributed by atoms with Gasteiger partial charge >= 0.3 is 0 Å². The summed E-state index contributed by atoms with van der Waals surface area (Å²) >= 11 is 7.05. The van der Waals surface area contributed by atoms with Crippen LogP contribution in [0.15, 0.2) is 46.3 Å². The molecule has 2 heterocycles. The second-order valence-electron chi connectivity index (χ2n) is 4.81. The highest BCUT2D eigenvalue weighted by Gasteiger charge is 2.12. The summed E-state index contributed by atoms with van der Waals surface area (Å²) in [5.74, 6) is 0.357. The molecule has 0 saturated heterocycles. The van der Waals surface area contributed by atoms with Gasteiger partial charge in [-0.2, -0.15) is 5.10 Å². The van der Waals surface area contributed by atoms with E-state index in [1.54, 1.807) is 35.1 Å². The van der Waals surface area contributed by atoms with E-state index in [4.69, 9.17) is 16.0 Å². The first-order chi connectivity index (χ1) is 11.6. The van der Waals surface area contributed by atoms with E-state index in [-0.39, 0.29) is 11.7 Å². The minimum absolute atomic E-state index is 0.155. The molecule has 1 N–H and O–H groups in total. The summed E-state index contributed by atoms with van der Waals surface area (Å²) in [4.78, 5) is 11.9. The number of aromatic nitrogens is 4.